The molecule has 2 unspecified atom stereocenters. The van der Waals surface area contributed by atoms with Crippen LogP contribution in [0.25, 0.3) is 0 Å². The van der Waals surface area contributed by atoms with Crippen LogP contribution in [0, 0.1) is 0 Å². The molecule has 15 heavy (non-hydrogen) atoms. The van der Waals surface area contributed by atoms with Crippen molar-refractivity contribution >= 4 is 0 Å². The van der Waals surface area contributed by atoms with Crippen LogP contribution in [0.15, 0.2) is 18.3 Å². The third-order valence-corrected chi connectivity index (χ3v) is 2.67. The molecule has 0 amide bonds. The van der Waals surface area contributed by atoms with Crippen molar-refractivity contribution in [1.29, 1.82) is 0 Å². The molecule has 0 bridgehead atoms. The second kappa shape index (κ2) is 5.93. The molecule has 0 aliphatic carbocycles. The second-order valence-electron chi connectivity index (χ2n) is 3.91. The molecular formula is C12H22N2O. The Kier molecular flexibility index (Phi) is 4.85. The van der Waals surface area contributed by atoms with E-state index in [4.69, 9.17) is 4.74 Å². The number of nitrogens with zero attached hydrogens (tertiary/aromatic N) is 1. The summed E-state index contributed by atoms with van der Waals surface area (Å²) in [4.78, 5) is 0. The molecule has 0 radical (unpaired) electrons. The van der Waals surface area contributed by atoms with Gasteiger partial charge in [0, 0.05) is 31.6 Å². The average molecular weight is 210 g/mol. The third-order valence-electron chi connectivity index (χ3n) is 2.67. The smallest absolute Gasteiger partial charge is 0.0722 e. The summed E-state index contributed by atoms with van der Waals surface area (Å²) in [6, 6.07) is 4.65. The molecule has 1 aromatic rings. The van der Waals surface area contributed by atoms with Crippen LogP contribution in [0.4, 0.5) is 0 Å². The Morgan fingerprint density at radius 1 is 1.47 bits per heavy atom. The molecule has 1 heterocycles. The van der Waals surface area contributed by atoms with Crippen LogP contribution in [-0.4, -0.2) is 24.3 Å². The van der Waals surface area contributed by atoms with E-state index in [1.807, 2.05) is 0 Å². The van der Waals surface area contributed by atoms with E-state index < -0.39 is 0 Å². The van der Waals surface area contributed by atoms with Crippen molar-refractivity contribution in [2.24, 2.45) is 0 Å². The molecular weight excluding hydrogens is 188 g/mol. The summed E-state index contributed by atoms with van der Waals surface area (Å²) in [6.45, 7) is 8.30. The van der Waals surface area contributed by atoms with Crippen molar-refractivity contribution in [3.8, 4) is 0 Å². The minimum Gasteiger partial charge on any atom is -0.380 e. The van der Waals surface area contributed by atoms with Crippen molar-refractivity contribution in [2.45, 2.75) is 39.5 Å². The Hall–Kier alpha value is -0.800. The molecule has 1 rings (SSSR count). The van der Waals surface area contributed by atoms with Crippen LogP contribution >= 0.6 is 0 Å². The molecule has 1 N–H and O–H groups in total. The van der Waals surface area contributed by atoms with Crippen molar-refractivity contribution in [2.75, 3.05) is 13.7 Å². The second-order valence-corrected chi connectivity index (χ2v) is 3.91. The lowest BCUT2D eigenvalue weighted by molar-refractivity contribution is 0.102. The summed E-state index contributed by atoms with van der Waals surface area (Å²) in [5.41, 5.74) is 1.32. The Balaban J connectivity index is 2.68. The normalized spacial score (nSPS) is 15.2. The highest BCUT2D eigenvalue weighted by Crippen LogP contribution is 2.14. The molecule has 0 aliphatic rings. The summed E-state index contributed by atoms with van der Waals surface area (Å²) in [6.07, 6.45) is 2.36. The minimum absolute atomic E-state index is 0.255. The Morgan fingerprint density at radius 3 is 2.80 bits per heavy atom. The van der Waals surface area contributed by atoms with Gasteiger partial charge in [0.25, 0.3) is 0 Å². The van der Waals surface area contributed by atoms with Crippen molar-refractivity contribution in [1.82, 2.24) is 9.88 Å². The first-order valence-corrected chi connectivity index (χ1v) is 5.60. The summed E-state index contributed by atoms with van der Waals surface area (Å²) >= 11 is 0. The molecule has 3 heteroatoms. The van der Waals surface area contributed by atoms with Crippen LogP contribution in [0.2, 0.25) is 0 Å². The number of nitrogens with one attached hydrogen (secondary N) is 1. The maximum atomic E-state index is 5.28. The maximum Gasteiger partial charge on any atom is 0.0722 e. The van der Waals surface area contributed by atoms with Crippen LogP contribution in [0.1, 0.15) is 32.5 Å². The molecule has 3 nitrogen and oxygen atoms in total. The molecule has 86 valence electrons. The van der Waals surface area contributed by atoms with E-state index in [-0.39, 0.29) is 6.10 Å². The van der Waals surface area contributed by atoms with Gasteiger partial charge in [-0.25, -0.2) is 0 Å². The SMILES string of the molecule is CCNC(C)c1cccn1CC(C)OC. The number of hydrogen-bond donors (Lipinski definition) is 1. The van der Waals surface area contributed by atoms with E-state index in [0.717, 1.165) is 13.1 Å². The van der Waals surface area contributed by atoms with Crippen molar-refractivity contribution in [3.63, 3.8) is 0 Å². The van der Waals surface area contributed by atoms with Crippen molar-refractivity contribution in [3.05, 3.63) is 24.0 Å². The highest BCUT2D eigenvalue weighted by molar-refractivity contribution is 5.11. The predicted octanol–water partition coefficient (Wildman–Crippen LogP) is 2.19. The van der Waals surface area contributed by atoms with Crippen LogP contribution in [0.5, 0.6) is 0 Å². The summed E-state index contributed by atoms with van der Waals surface area (Å²) in [5.74, 6) is 0. The first-order valence-electron chi connectivity index (χ1n) is 5.60. The average Bonchev–Trinajstić information content (AvgIpc) is 2.66. The number of rotatable bonds is 6. The van der Waals surface area contributed by atoms with E-state index in [1.165, 1.54) is 5.69 Å². The third kappa shape index (κ3) is 3.36. The Morgan fingerprint density at radius 2 is 2.20 bits per heavy atom. The fraction of sp³-hybridized carbons (Fsp3) is 0.667. The topological polar surface area (TPSA) is 26.2 Å². The molecule has 0 saturated carbocycles. The van der Waals surface area contributed by atoms with E-state index in [9.17, 15) is 0 Å². The van der Waals surface area contributed by atoms with Gasteiger partial charge < -0.3 is 14.6 Å². The van der Waals surface area contributed by atoms with Crippen LogP contribution in [-0.2, 0) is 11.3 Å². The molecule has 0 fully saturated rings. The maximum absolute atomic E-state index is 5.28. The molecule has 0 spiro atoms. The van der Waals surface area contributed by atoms with Gasteiger partial charge in [0.1, 0.15) is 0 Å². The fourth-order valence-corrected chi connectivity index (χ4v) is 1.75. The van der Waals surface area contributed by atoms with Gasteiger partial charge in [0.2, 0.25) is 0 Å². The molecule has 0 aliphatic heterocycles. The van der Waals surface area contributed by atoms with E-state index >= 15 is 0 Å². The number of hydrogen-bond acceptors (Lipinski definition) is 2. The van der Waals surface area contributed by atoms with Crippen molar-refractivity contribution < 1.29 is 4.74 Å². The number of aromatic nitrogens is 1. The van der Waals surface area contributed by atoms with Gasteiger partial charge in [-0.05, 0) is 32.5 Å². The van der Waals surface area contributed by atoms with Gasteiger partial charge in [-0.3, -0.25) is 0 Å². The molecule has 1 aromatic heterocycles. The lowest BCUT2D eigenvalue weighted by Gasteiger charge is -2.18. The summed E-state index contributed by atoms with van der Waals surface area (Å²) in [5, 5.41) is 3.42. The van der Waals surface area contributed by atoms with Gasteiger partial charge in [0.05, 0.1) is 6.10 Å². The first kappa shape index (κ1) is 12.3. The van der Waals surface area contributed by atoms with Gasteiger partial charge in [-0.1, -0.05) is 6.92 Å². The van der Waals surface area contributed by atoms with Crippen LogP contribution in [0.3, 0.4) is 0 Å². The van der Waals surface area contributed by atoms with Gasteiger partial charge in [-0.15, -0.1) is 0 Å². The molecule has 0 aromatic carbocycles. The zero-order chi connectivity index (χ0) is 11.3. The first-order chi connectivity index (χ1) is 7.19. The monoisotopic (exact) mass is 210 g/mol. The zero-order valence-electron chi connectivity index (χ0n) is 10.2. The molecule has 0 saturated heterocycles. The van der Waals surface area contributed by atoms with E-state index in [1.54, 1.807) is 7.11 Å². The van der Waals surface area contributed by atoms with E-state index in [2.05, 4.69) is 49.0 Å². The summed E-state index contributed by atoms with van der Waals surface area (Å²) in [7, 11) is 1.75. The minimum atomic E-state index is 0.255. The highest BCUT2D eigenvalue weighted by Gasteiger charge is 2.10. The van der Waals surface area contributed by atoms with Gasteiger partial charge in [0.15, 0.2) is 0 Å². The highest BCUT2D eigenvalue weighted by atomic mass is 16.5. The Bertz CT molecular complexity index is 283. The fourth-order valence-electron chi connectivity index (χ4n) is 1.75. The van der Waals surface area contributed by atoms with Gasteiger partial charge >= 0.3 is 0 Å². The lowest BCUT2D eigenvalue weighted by atomic mass is 10.2. The van der Waals surface area contributed by atoms with Crippen LogP contribution < -0.4 is 5.32 Å². The zero-order valence-corrected chi connectivity index (χ0v) is 10.2. The number of methoxy groups -OCH3 is 1. The molecule has 2 atom stereocenters. The number of ether oxygens (including phenoxy) is 1. The largest absolute Gasteiger partial charge is 0.380 e. The standard InChI is InChI=1S/C12H22N2O/c1-5-13-11(3)12-7-6-8-14(12)9-10(2)15-4/h6-8,10-11,13H,5,9H2,1-4H3. The Labute approximate surface area is 92.4 Å². The van der Waals surface area contributed by atoms with Gasteiger partial charge in [-0.2, -0.15) is 0 Å². The summed E-state index contributed by atoms with van der Waals surface area (Å²) < 4.78 is 7.53. The quantitative estimate of drug-likeness (QED) is 0.779. The predicted molar refractivity (Wildman–Crippen MR) is 63.0 cm³/mol. The van der Waals surface area contributed by atoms with E-state index in [0.29, 0.717) is 6.04 Å². The lowest BCUT2D eigenvalue weighted by Crippen LogP contribution is -2.23.